The van der Waals surface area contributed by atoms with E-state index in [1.807, 2.05) is 75.4 Å². The summed E-state index contributed by atoms with van der Waals surface area (Å²) < 4.78 is 5.38. The van der Waals surface area contributed by atoms with Crippen molar-refractivity contribution in [2.45, 2.75) is 59.8 Å². The van der Waals surface area contributed by atoms with Crippen LogP contribution in [0.1, 0.15) is 47.1 Å². The molecule has 4 N–H and O–H groups in total. The first-order valence-electron chi connectivity index (χ1n) is 12.9. The van der Waals surface area contributed by atoms with Crippen LogP contribution < -0.4 is 16.0 Å². The highest BCUT2D eigenvalue weighted by atomic mass is 16.6. The van der Waals surface area contributed by atoms with Gasteiger partial charge in [-0.15, -0.1) is 0 Å². The molecule has 4 rings (SSSR count). The van der Waals surface area contributed by atoms with E-state index in [9.17, 15) is 14.7 Å². The Hall–Kier alpha value is -4.17. The van der Waals surface area contributed by atoms with Gasteiger partial charge in [0, 0.05) is 22.1 Å². The maximum Gasteiger partial charge on any atom is 0.408 e. The summed E-state index contributed by atoms with van der Waals surface area (Å²) in [6.45, 7) is 10.7. The zero-order valence-electron chi connectivity index (χ0n) is 23.3. The molecule has 0 saturated carbocycles. The van der Waals surface area contributed by atoms with E-state index in [1.165, 1.54) is 0 Å². The molecule has 0 aliphatic carbocycles. The summed E-state index contributed by atoms with van der Waals surface area (Å²) in [5.74, 6) is -0.394. The van der Waals surface area contributed by atoms with Crippen LogP contribution in [-0.2, 0) is 16.1 Å². The van der Waals surface area contributed by atoms with Crippen molar-refractivity contribution < 1.29 is 19.4 Å². The molecule has 0 spiro atoms. The van der Waals surface area contributed by atoms with E-state index in [1.54, 1.807) is 32.9 Å². The number of ether oxygens (including phenoxy) is 1. The van der Waals surface area contributed by atoms with E-state index >= 15 is 0 Å². The topological polar surface area (TPSA) is 113 Å². The number of carbonyl (C=O) groups excluding carboxylic acids is 2. The van der Waals surface area contributed by atoms with Gasteiger partial charge in [-0.1, -0.05) is 57.2 Å². The lowest BCUT2D eigenvalue weighted by Gasteiger charge is -2.31. The standard InChI is InChI=1S/C31H36N4O4/c1-30(2,3)27(35-29(38)39-31(4,5)6)28(37)33-21-16-19(18-36)15-20(17-21)32-26-22-11-7-9-13-24(22)34-25-14-10-8-12-23(25)26/h7-17,27,36H,18H2,1-6H3,(H,32,34)(H,33,37)(H,35,38). The number of nitrogens with zero attached hydrogens (tertiary/aromatic N) is 1. The van der Waals surface area contributed by atoms with Crippen LogP contribution in [0.4, 0.5) is 21.9 Å². The summed E-state index contributed by atoms with van der Waals surface area (Å²) in [6, 6.07) is 20.2. The normalized spacial score (nSPS) is 12.7. The quantitative estimate of drug-likeness (QED) is 0.213. The number of anilines is 3. The lowest BCUT2D eigenvalue weighted by atomic mass is 9.86. The highest BCUT2D eigenvalue weighted by Gasteiger charge is 2.34. The number of aromatic nitrogens is 1. The Morgan fingerprint density at radius 1 is 0.872 bits per heavy atom. The molecule has 1 heterocycles. The number of hydrogen-bond acceptors (Lipinski definition) is 6. The Kier molecular flexibility index (Phi) is 7.79. The van der Waals surface area contributed by atoms with E-state index in [4.69, 9.17) is 9.72 Å². The van der Waals surface area contributed by atoms with Gasteiger partial charge in [0.15, 0.2) is 0 Å². The number of aliphatic hydroxyl groups excluding tert-OH is 1. The molecule has 4 aromatic rings. The maximum atomic E-state index is 13.4. The number of hydrogen-bond donors (Lipinski definition) is 4. The molecule has 1 unspecified atom stereocenters. The zero-order chi connectivity index (χ0) is 28.4. The number of rotatable bonds is 6. The molecule has 0 saturated heterocycles. The van der Waals surface area contributed by atoms with Gasteiger partial charge in [-0.2, -0.15) is 0 Å². The Morgan fingerprint density at radius 3 is 1.97 bits per heavy atom. The van der Waals surface area contributed by atoms with Crippen LogP contribution in [0.5, 0.6) is 0 Å². The van der Waals surface area contributed by atoms with Crippen LogP contribution in [0, 0.1) is 5.41 Å². The molecular weight excluding hydrogens is 492 g/mol. The average Bonchev–Trinajstić information content (AvgIpc) is 2.85. The van der Waals surface area contributed by atoms with E-state index in [-0.39, 0.29) is 6.61 Å². The molecule has 2 amide bonds. The summed E-state index contributed by atoms with van der Waals surface area (Å²) in [5.41, 5.74) is 3.08. The molecule has 0 fully saturated rings. The molecule has 39 heavy (non-hydrogen) atoms. The smallest absolute Gasteiger partial charge is 0.408 e. The number of carbonyl (C=O) groups is 2. The number of aliphatic hydroxyl groups is 1. The first-order chi connectivity index (χ1) is 18.3. The number of amides is 2. The summed E-state index contributed by atoms with van der Waals surface area (Å²) in [4.78, 5) is 30.7. The highest BCUT2D eigenvalue weighted by Crippen LogP contribution is 2.34. The average molecular weight is 529 g/mol. The number of pyridine rings is 1. The SMILES string of the molecule is CC(C)(C)OC(=O)NC(C(=O)Nc1cc(CO)cc(Nc2c3ccccc3nc3ccccc23)c1)C(C)(C)C. The third-order valence-corrected chi connectivity index (χ3v) is 6.09. The molecule has 204 valence electrons. The second-order valence-corrected chi connectivity index (χ2v) is 11.7. The number of fused-ring (bicyclic) bond motifs is 2. The molecule has 3 aromatic carbocycles. The second-order valence-electron chi connectivity index (χ2n) is 11.7. The minimum atomic E-state index is -0.866. The number of benzene rings is 3. The van der Waals surface area contributed by atoms with Gasteiger partial charge in [0.1, 0.15) is 11.6 Å². The van der Waals surface area contributed by atoms with Crippen molar-refractivity contribution in [2.75, 3.05) is 10.6 Å². The molecule has 0 bridgehead atoms. The Balaban J connectivity index is 1.67. The molecular formula is C31H36N4O4. The van der Waals surface area contributed by atoms with Crippen molar-refractivity contribution in [1.82, 2.24) is 10.3 Å². The summed E-state index contributed by atoms with van der Waals surface area (Å²) in [7, 11) is 0. The van der Waals surface area contributed by atoms with E-state index in [0.717, 1.165) is 27.5 Å². The Labute approximate surface area is 228 Å². The van der Waals surface area contributed by atoms with E-state index < -0.39 is 29.1 Å². The van der Waals surface area contributed by atoms with Gasteiger partial charge in [0.05, 0.1) is 23.3 Å². The first-order valence-corrected chi connectivity index (χ1v) is 12.9. The zero-order valence-corrected chi connectivity index (χ0v) is 23.3. The Bertz CT molecular complexity index is 1470. The van der Waals surface area contributed by atoms with Crippen molar-refractivity contribution in [3.8, 4) is 0 Å². The fourth-order valence-corrected chi connectivity index (χ4v) is 4.36. The third kappa shape index (κ3) is 6.83. The second kappa shape index (κ2) is 10.9. The van der Waals surface area contributed by atoms with Gasteiger partial charge in [-0.05, 0) is 62.1 Å². The fraction of sp³-hybridized carbons (Fsp3) is 0.323. The third-order valence-electron chi connectivity index (χ3n) is 6.09. The predicted octanol–water partition coefficient (Wildman–Crippen LogP) is 6.50. The van der Waals surface area contributed by atoms with Crippen molar-refractivity contribution >= 4 is 50.9 Å². The van der Waals surface area contributed by atoms with Crippen molar-refractivity contribution in [2.24, 2.45) is 5.41 Å². The van der Waals surface area contributed by atoms with Crippen LogP contribution in [0.3, 0.4) is 0 Å². The summed E-state index contributed by atoms with van der Waals surface area (Å²) in [6.07, 6.45) is -0.666. The molecule has 1 atom stereocenters. The Morgan fingerprint density at radius 2 is 1.44 bits per heavy atom. The largest absolute Gasteiger partial charge is 0.444 e. The molecule has 0 aliphatic rings. The lowest BCUT2D eigenvalue weighted by molar-refractivity contribution is -0.120. The van der Waals surface area contributed by atoms with Gasteiger partial charge in [-0.25, -0.2) is 9.78 Å². The number of para-hydroxylation sites is 2. The fourth-order valence-electron chi connectivity index (χ4n) is 4.36. The van der Waals surface area contributed by atoms with Crippen LogP contribution in [0.25, 0.3) is 21.8 Å². The number of nitrogens with one attached hydrogen (secondary N) is 3. The van der Waals surface area contributed by atoms with Crippen molar-refractivity contribution in [3.63, 3.8) is 0 Å². The van der Waals surface area contributed by atoms with Gasteiger partial charge >= 0.3 is 6.09 Å². The predicted molar refractivity (Wildman–Crippen MR) is 156 cm³/mol. The first kappa shape index (κ1) is 27.9. The monoisotopic (exact) mass is 528 g/mol. The van der Waals surface area contributed by atoms with E-state index in [0.29, 0.717) is 16.9 Å². The lowest BCUT2D eigenvalue weighted by Crippen LogP contribution is -2.52. The molecule has 0 radical (unpaired) electrons. The molecule has 8 heteroatoms. The van der Waals surface area contributed by atoms with Crippen LogP contribution in [-0.4, -0.2) is 33.7 Å². The number of alkyl carbamates (subject to hydrolysis) is 1. The highest BCUT2D eigenvalue weighted by molar-refractivity contribution is 6.08. The molecule has 0 aliphatic heterocycles. The van der Waals surface area contributed by atoms with Gasteiger partial charge < -0.3 is 25.8 Å². The van der Waals surface area contributed by atoms with Gasteiger partial charge in [0.2, 0.25) is 5.91 Å². The molecule has 1 aromatic heterocycles. The minimum absolute atomic E-state index is 0.213. The van der Waals surface area contributed by atoms with Gasteiger partial charge in [0.25, 0.3) is 0 Å². The van der Waals surface area contributed by atoms with Crippen LogP contribution >= 0.6 is 0 Å². The molecule has 8 nitrogen and oxygen atoms in total. The van der Waals surface area contributed by atoms with Crippen LogP contribution in [0.2, 0.25) is 0 Å². The minimum Gasteiger partial charge on any atom is -0.444 e. The van der Waals surface area contributed by atoms with Crippen molar-refractivity contribution in [3.05, 3.63) is 72.3 Å². The van der Waals surface area contributed by atoms with E-state index in [2.05, 4.69) is 16.0 Å². The maximum absolute atomic E-state index is 13.4. The summed E-state index contributed by atoms with van der Waals surface area (Å²) in [5, 5.41) is 21.0. The van der Waals surface area contributed by atoms with Crippen molar-refractivity contribution in [1.29, 1.82) is 0 Å². The van der Waals surface area contributed by atoms with Crippen LogP contribution in [0.15, 0.2) is 66.7 Å². The summed E-state index contributed by atoms with van der Waals surface area (Å²) >= 11 is 0. The van der Waals surface area contributed by atoms with Gasteiger partial charge in [-0.3, -0.25) is 4.79 Å².